The number of carbonyl (C=O) groups is 1. The second-order valence-corrected chi connectivity index (χ2v) is 7.63. The first-order chi connectivity index (χ1) is 14.1. The standard InChI is InChI=1S/C23H39N5O/c1-5-15-27-16-13-21(14-17-27)26-23(24-6-2)25-18-19-9-11-20(12-10-19)22(29)28(7-3)8-4/h9-12,21H,5-8,13-18H2,1-4H3,(H2,24,25,26). The van der Waals surface area contributed by atoms with Gasteiger partial charge in [-0.1, -0.05) is 19.1 Å². The molecule has 1 aromatic carbocycles. The largest absolute Gasteiger partial charge is 0.357 e. The van der Waals surface area contributed by atoms with E-state index in [2.05, 4.69) is 29.4 Å². The summed E-state index contributed by atoms with van der Waals surface area (Å²) in [4.78, 5) is 21.6. The highest BCUT2D eigenvalue weighted by Gasteiger charge is 2.19. The number of hydrogen-bond acceptors (Lipinski definition) is 3. The van der Waals surface area contributed by atoms with Crippen LogP contribution in [-0.4, -0.2) is 67.0 Å². The van der Waals surface area contributed by atoms with Crippen molar-refractivity contribution in [3.8, 4) is 0 Å². The van der Waals surface area contributed by atoms with Gasteiger partial charge in [0.1, 0.15) is 0 Å². The first-order valence-electron chi connectivity index (χ1n) is 11.3. The molecule has 1 aliphatic rings. The molecule has 1 aliphatic heterocycles. The molecule has 0 atom stereocenters. The zero-order valence-corrected chi connectivity index (χ0v) is 18.7. The van der Waals surface area contributed by atoms with Gasteiger partial charge in [-0.05, 0) is 64.3 Å². The van der Waals surface area contributed by atoms with Gasteiger partial charge >= 0.3 is 0 Å². The van der Waals surface area contributed by atoms with Crippen LogP contribution in [0, 0.1) is 0 Å². The van der Waals surface area contributed by atoms with Crippen LogP contribution in [0.4, 0.5) is 0 Å². The number of likely N-dealkylation sites (tertiary alicyclic amines) is 1. The van der Waals surface area contributed by atoms with Crippen molar-refractivity contribution >= 4 is 11.9 Å². The molecule has 162 valence electrons. The van der Waals surface area contributed by atoms with Gasteiger partial charge in [0, 0.05) is 44.3 Å². The fourth-order valence-corrected chi connectivity index (χ4v) is 3.75. The molecular formula is C23H39N5O. The van der Waals surface area contributed by atoms with Crippen LogP contribution in [0.25, 0.3) is 0 Å². The lowest BCUT2D eigenvalue weighted by Crippen LogP contribution is -2.48. The van der Waals surface area contributed by atoms with Gasteiger partial charge in [-0.25, -0.2) is 4.99 Å². The molecule has 1 saturated heterocycles. The van der Waals surface area contributed by atoms with Gasteiger partial charge in [0.05, 0.1) is 6.54 Å². The Kier molecular flexibility index (Phi) is 9.98. The summed E-state index contributed by atoms with van der Waals surface area (Å²) in [6, 6.07) is 8.32. The number of nitrogens with zero attached hydrogens (tertiary/aromatic N) is 3. The van der Waals surface area contributed by atoms with Crippen molar-refractivity contribution in [3.05, 3.63) is 35.4 Å². The number of nitrogens with one attached hydrogen (secondary N) is 2. The molecule has 0 spiro atoms. The number of amides is 1. The zero-order chi connectivity index (χ0) is 21.1. The number of carbonyl (C=O) groups excluding carboxylic acids is 1. The van der Waals surface area contributed by atoms with Gasteiger partial charge < -0.3 is 20.4 Å². The van der Waals surface area contributed by atoms with E-state index in [4.69, 9.17) is 4.99 Å². The number of aliphatic imine (C=N–C) groups is 1. The Morgan fingerprint density at radius 1 is 1.10 bits per heavy atom. The van der Waals surface area contributed by atoms with Crippen molar-refractivity contribution in [1.82, 2.24) is 20.4 Å². The first-order valence-corrected chi connectivity index (χ1v) is 11.3. The second-order valence-electron chi connectivity index (χ2n) is 7.63. The molecule has 0 radical (unpaired) electrons. The van der Waals surface area contributed by atoms with E-state index >= 15 is 0 Å². The molecule has 6 heteroatoms. The van der Waals surface area contributed by atoms with Gasteiger partial charge in [0.15, 0.2) is 5.96 Å². The molecule has 0 unspecified atom stereocenters. The minimum absolute atomic E-state index is 0.0921. The van der Waals surface area contributed by atoms with Crippen molar-refractivity contribution in [2.45, 2.75) is 59.5 Å². The van der Waals surface area contributed by atoms with Gasteiger partial charge in [-0.3, -0.25) is 4.79 Å². The number of guanidine groups is 1. The van der Waals surface area contributed by atoms with Crippen LogP contribution >= 0.6 is 0 Å². The summed E-state index contributed by atoms with van der Waals surface area (Å²) in [5, 5.41) is 6.96. The van der Waals surface area contributed by atoms with Crippen LogP contribution in [0.1, 0.15) is 62.9 Å². The van der Waals surface area contributed by atoms with Crippen molar-refractivity contribution in [2.24, 2.45) is 4.99 Å². The SMILES string of the molecule is CCCN1CCC(NC(=NCc2ccc(C(=O)N(CC)CC)cc2)NCC)CC1. The van der Waals surface area contributed by atoms with Gasteiger partial charge in [0.2, 0.25) is 0 Å². The van der Waals surface area contributed by atoms with E-state index in [0.29, 0.717) is 12.6 Å². The average Bonchev–Trinajstić information content (AvgIpc) is 2.75. The Morgan fingerprint density at radius 2 is 1.76 bits per heavy atom. The fourth-order valence-electron chi connectivity index (χ4n) is 3.75. The fraction of sp³-hybridized carbons (Fsp3) is 0.652. The normalized spacial score (nSPS) is 15.9. The maximum Gasteiger partial charge on any atom is 0.253 e. The van der Waals surface area contributed by atoms with Crippen LogP contribution in [0.15, 0.2) is 29.3 Å². The second kappa shape index (κ2) is 12.5. The van der Waals surface area contributed by atoms with Crippen molar-refractivity contribution < 1.29 is 4.79 Å². The van der Waals surface area contributed by atoms with Crippen LogP contribution in [-0.2, 0) is 6.54 Å². The van der Waals surface area contributed by atoms with E-state index in [9.17, 15) is 4.79 Å². The number of rotatable bonds is 9. The van der Waals surface area contributed by atoms with Crippen LogP contribution in [0.2, 0.25) is 0 Å². The summed E-state index contributed by atoms with van der Waals surface area (Å²) in [6.07, 6.45) is 3.54. The predicted octanol–water partition coefficient (Wildman–Crippen LogP) is 3.10. The number of benzene rings is 1. The van der Waals surface area contributed by atoms with E-state index in [1.54, 1.807) is 0 Å². The average molecular weight is 402 g/mol. The molecule has 1 fully saturated rings. The molecule has 2 N–H and O–H groups in total. The topological polar surface area (TPSA) is 60.0 Å². The van der Waals surface area contributed by atoms with E-state index in [1.165, 1.54) is 13.0 Å². The number of piperidine rings is 1. The van der Waals surface area contributed by atoms with E-state index in [-0.39, 0.29) is 5.91 Å². The summed E-state index contributed by atoms with van der Waals surface area (Å²) in [7, 11) is 0. The van der Waals surface area contributed by atoms with E-state index < -0.39 is 0 Å². The van der Waals surface area contributed by atoms with Gasteiger partial charge in [0.25, 0.3) is 5.91 Å². The minimum atomic E-state index is 0.0921. The highest BCUT2D eigenvalue weighted by molar-refractivity contribution is 5.94. The molecule has 0 bridgehead atoms. The highest BCUT2D eigenvalue weighted by atomic mass is 16.2. The van der Waals surface area contributed by atoms with Crippen LogP contribution < -0.4 is 10.6 Å². The van der Waals surface area contributed by atoms with Crippen molar-refractivity contribution in [3.63, 3.8) is 0 Å². The Morgan fingerprint density at radius 3 is 2.31 bits per heavy atom. The molecule has 1 aromatic rings. The van der Waals surface area contributed by atoms with Crippen molar-refractivity contribution in [1.29, 1.82) is 0 Å². The maximum atomic E-state index is 12.4. The third kappa shape index (κ3) is 7.35. The van der Waals surface area contributed by atoms with E-state index in [1.807, 2.05) is 43.0 Å². The predicted molar refractivity (Wildman–Crippen MR) is 121 cm³/mol. The zero-order valence-electron chi connectivity index (χ0n) is 18.7. The first kappa shape index (κ1) is 23.2. The lowest BCUT2D eigenvalue weighted by molar-refractivity contribution is 0.0773. The Labute approximate surface area is 176 Å². The summed E-state index contributed by atoms with van der Waals surface area (Å²) in [5.41, 5.74) is 1.85. The summed E-state index contributed by atoms with van der Waals surface area (Å²) in [5.74, 6) is 0.971. The third-order valence-corrected chi connectivity index (χ3v) is 5.48. The summed E-state index contributed by atoms with van der Waals surface area (Å²) < 4.78 is 0. The highest BCUT2D eigenvalue weighted by Crippen LogP contribution is 2.11. The molecular weight excluding hydrogens is 362 g/mol. The molecule has 1 amide bonds. The monoisotopic (exact) mass is 401 g/mol. The Balaban J connectivity index is 1.92. The minimum Gasteiger partial charge on any atom is -0.357 e. The van der Waals surface area contributed by atoms with Crippen LogP contribution in [0.5, 0.6) is 0 Å². The Bertz CT molecular complexity index is 631. The molecule has 6 nitrogen and oxygen atoms in total. The van der Waals surface area contributed by atoms with Gasteiger partial charge in [-0.2, -0.15) is 0 Å². The van der Waals surface area contributed by atoms with E-state index in [0.717, 1.165) is 62.7 Å². The maximum absolute atomic E-state index is 12.4. The summed E-state index contributed by atoms with van der Waals surface area (Å²) in [6.45, 7) is 14.8. The molecule has 0 saturated carbocycles. The third-order valence-electron chi connectivity index (χ3n) is 5.48. The van der Waals surface area contributed by atoms with Gasteiger partial charge in [-0.15, -0.1) is 0 Å². The molecule has 29 heavy (non-hydrogen) atoms. The smallest absolute Gasteiger partial charge is 0.253 e. The van der Waals surface area contributed by atoms with Crippen LogP contribution in [0.3, 0.4) is 0 Å². The quantitative estimate of drug-likeness (QED) is 0.493. The molecule has 2 rings (SSSR count). The van der Waals surface area contributed by atoms with Crippen molar-refractivity contribution in [2.75, 3.05) is 39.3 Å². The number of hydrogen-bond donors (Lipinski definition) is 2. The summed E-state index contributed by atoms with van der Waals surface area (Å²) >= 11 is 0. The lowest BCUT2D eigenvalue weighted by atomic mass is 10.1. The lowest BCUT2D eigenvalue weighted by Gasteiger charge is -2.32. The molecule has 0 aromatic heterocycles. The Hall–Kier alpha value is -2.08. The molecule has 0 aliphatic carbocycles. The molecule has 1 heterocycles.